The summed E-state index contributed by atoms with van der Waals surface area (Å²) in [6.45, 7) is 0. The second-order valence-corrected chi connectivity index (χ2v) is 4.74. The Balaban J connectivity index is 2.42. The van der Waals surface area contributed by atoms with E-state index >= 15 is 0 Å². The summed E-state index contributed by atoms with van der Waals surface area (Å²) in [5.41, 5.74) is 0. The maximum atomic E-state index is 6.03. The summed E-state index contributed by atoms with van der Waals surface area (Å²) in [6.07, 6.45) is 5.66. The van der Waals surface area contributed by atoms with E-state index in [0.717, 1.165) is 12.8 Å². The molecular weight excluding hydrogens is 202 g/mol. The first-order valence-corrected chi connectivity index (χ1v) is 5.45. The number of hydrogen-bond donors (Lipinski definition) is 0. The van der Waals surface area contributed by atoms with Crippen molar-refractivity contribution in [2.75, 3.05) is 0 Å². The largest absolute Gasteiger partial charge is 0.121 e. The molecule has 2 atom stereocenters. The van der Waals surface area contributed by atoms with Crippen LogP contribution < -0.4 is 0 Å². The molecule has 2 unspecified atom stereocenters. The van der Waals surface area contributed by atoms with Crippen molar-refractivity contribution in [2.45, 2.75) is 48.2 Å². The van der Waals surface area contributed by atoms with Gasteiger partial charge in [0.2, 0.25) is 0 Å². The van der Waals surface area contributed by atoms with Crippen molar-refractivity contribution < 1.29 is 0 Å². The molecule has 1 aliphatic carbocycles. The summed E-state index contributed by atoms with van der Waals surface area (Å²) in [4.78, 5) is 0. The van der Waals surface area contributed by atoms with E-state index in [0.29, 0.717) is 0 Å². The van der Waals surface area contributed by atoms with Crippen molar-refractivity contribution in [3.05, 3.63) is 0 Å². The van der Waals surface area contributed by atoms with Gasteiger partial charge in [0.25, 0.3) is 0 Å². The summed E-state index contributed by atoms with van der Waals surface area (Å²) in [5, 5.41) is 0.0950. The van der Waals surface area contributed by atoms with Gasteiger partial charge in [0.1, 0.15) is 0 Å². The summed E-state index contributed by atoms with van der Waals surface area (Å²) >= 11 is 18.1. The highest BCUT2D eigenvalue weighted by Gasteiger charge is 2.25. The zero-order valence-corrected chi connectivity index (χ0v) is 8.67. The normalized spacial score (nSPS) is 41.2. The molecule has 0 N–H and O–H groups in total. The van der Waals surface area contributed by atoms with Crippen LogP contribution in [0.4, 0.5) is 0 Å². The van der Waals surface area contributed by atoms with Crippen LogP contribution in [0.5, 0.6) is 0 Å². The number of alkyl halides is 3. The lowest BCUT2D eigenvalue weighted by Gasteiger charge is -2.23. The van der Waals surface area contributed by atoms with E-state index in [1.165, 1.54) is 19.3 Å². The van der Waals surface area contributed by atoms with Crippen LogP contribution in [-0.2, 0) is 0 Å². The first kappa shape index (κ1) is 9.95. The molecule has 1 fully saturated rings. The van der Waals surface area contributed by atoms with E-state index in [4.69, 9.17) is 34.8 Å². The van der Waals surface area contributed by atoms with Crippen LogP contribution in [-0.4, -0.2) is 16.1 Å². The molecule has 3 heteroatoms. The van der Waals surface area contributed by atoms with Gasteiger partial charge in [-0.15, -0.1) is 34.8 Å². The standard InChI is InChI=1S/C8H13Cl3/c9-6-4-2-1-3-5-7(10)8(6)11/h6-8H,1-5H2. The maximum absolute atomic E-state index is 6.03. The molecule has 0 radical (unpaired) electrons. The van der Waals surface area contributed by atoms with Gasteiger partial charge in [0, 0.05) is 0 Å². The van der Waals surface area contributed by atoms with Crippen LogP contribution in [0.15, 0.2) is 0 Å². The molecule has 0 aromatic rings. The molecule has 1 rings (SSSR count). The molecule has 11 heavy (non-hydrogen) atoms. The van der Waals surface area contributed by atoms with Crippen LogP contribution in [0.2, 0.25) is 0 Å². The van der Waals surface area contributed by atoms with Crippen molar-refractivity contribution in [1.82, 2.24) is 0 Å². The lowest BCUT2D eigenvalue weighted by molar-refractivity contribution is 0.519. The third-order valence-corrected chi connectivity index (χ3v) is 4.00. The van der Waals surface area contributed by atoms with Gasteiger partial charge in [-0.05, 0) is 12.8 Å². The molecule has 0 amide bonds. The van der Waals surface area contributed by atoms with E-state index in [1.807, 2.05) is 0 Å². The average Bonchev–Trinajstić information content (AvgIpc) is 2.00. The average molecular weight is 216 g/mol. The second-order valence-electron chi connectivity index (χ2n) is 3.11. The van der Waals surface area contributed by atoms with Gasteiger partial charge < -0.3 is 0 Å². The highest BCUT2D eigenvalue weighted by atomic mass is 35.5. The van der Waals surface area contributed by atoms with Crippen molar-refractivity contribution in [2.24, 2.45) is 0 Å². The lowest BCUT2D eigenvalue weighted by Crippen LogP contribution is -2.27. The SMILES string of the molecule is ClC1CCCCCC(Cl)C1Cl. The van der Waals surface area contributed by atoms with Crippen LogP contribution in [0, 0.1) is 0 Å². The second kappa shape index (κ2) is 4.79. The van der Waals surface area contributed by atoms with E-state index in [2.05, 4.69) is 0 Å². The number of hydrogen-bond acceptors (Lipinski definition) is 0. The zero-order valence-electron chi connectivity index (χ0n) is 6.40. The van der Waals surface area contributed by atoms with Crippen LogP contribution >= 0.6 is 34.8 Å². The third-order valence-electron chi connectivity index (χ3n) is 2.15. The van der Waals surface area contributed by atoms with Gasteiger partial charge in [-0.25, -0.2) is 0 Å². The third kappa shape index (κ3) is 3.01. The van der Waals surface area contributed by atoms with E-state index < -0.39 is 0 Å². The monoisotopic (exact) mass is 214 g/mol. The Bertz CT molecular complexity index is 104. The van der Waals surface area contributed by atoms with Gasteiger partial charge in [-0.2, -0.15) is 0 Å². The van der Waals surface area contributed by atoms with Gasteiger partial charge in [-0.3, -0.25) is 0 Å². The quantitative estimate of drug-likeness (QED) is 0.540. The Morgan fingerprint density at radius 1 is 0.727 bits per heavy atom. The molecule has 0 nitrogen and oxygen atoms in total. The van der Waals surface area contributed by atoms with Crippen molar-refractivity contribution in [3.8, 4) is 0 Å². The molecule has 0 aliphatic heterocycles. The smallest absolute Gasteiger partial charge is 0.0663 e. The first-order chi connectivity index (χ1) is 5.22. The van der Waals surface area contributed by atoms with E-state index in [9.17, 15) is 0 Å². The zero-order chi connectivity index (χ0) is 8.27. The molecule has 1 saturated carbocycles. The highest BCUT2D eigenvalue weighted by molar-refractivity contribution is 6.35. The highest BCUT2D eigenvalue weighted by Crippen LogP contribution is 2.28. The summed E-state index contributed by atoms with van der Waals surface area (Å²) in [6, 6.07) is 0. The van der Waals surface area contributed by atoms with Crippen molar-refractivity contribution in [3.63, 3.8) is 0 Å². The summed E-state index contributed by atoms with van der Waals surface area (Å²) in [7, 11) is 0. The van der Waals surface area contributed by atoms with Crippen LogP contribution in [0.3, 0.4) is 0 Å². The van der Waals surface area contributed by atoms with Crippen molar-refractivity contribution in [1.29, 1.82) is 0 Å². The molecule has 0 spiro atoms. The van der Waals surface area contributed by atoms with Crippen LogP contribution in [0.1, 0.15) is 32.1 Å². The minimum Gasteiger partial charge on any atom is -0.121 e. The fourth-order valence-corrected chi connectivity index (χ4v) is 2.39. The van der Waals surface area contributed by atoms with E-state index in [1.54, 1.807) is 0 Å². The fourth-order valence-electron chi connectivity index (χ4n) is 1.40. The summed E-state index contributed by atoms with van der Waals surface area (Å²) in [5.74, 6) is 0. The Labute approximate surface area is 83.2 Å². The molecule has 66 valence electrons. The maximum Gasteiger partial charge on any atom is 0.0663 e. The Morgan fingerprint density at radius 2 is 1.18 bits per heavy atom. The number of rotatable bonds is 0. The Hall–Kier alpha value is 0.870. The van der Waals surface area contributed by atoms with Gasteiger partial charge in [0.15, 0.2) is 0 Å². The molecule has 0 aromatic heterocycles. The minimum absolute atomic E-state index is 0.0429. The fraction of sp³-hybridized carbons (Fsp3) is 1.00. The van der Waals surface area contributed by atoms with Gasteiger partial charge >= 0.3 is 0 Å². The van der Waals surface area contributed by atoms with Crippen molar-refractivity contribution >= 4 is 34.8 Å². The molecule has 1 aliphatic rings. The summed E-state index contributed by atoms with van der Waals surface area (Å²) < 4.78 is 0. The molecule has 0 saturated heterocycles. The molecular formula is C8H13Cl3. The lowest BCUT2D eigenvalue weighted by atomic mass is 10.00. The Morgan fingerprint density at radius 3 is 1.64 bits per heavy atom. The van der Waals surface area contributed by atoms with Gasteiger partial charge in [-0.1, -0.05) is 19.3 Å². The van der Waals surface area contributed by atoms with Gasteiger partial charge in [0.05, 0.1) is 16.1 Å². The minimum atomic E-state index is -0.0429. The Kier molecular flexibility index (Phi) is 4.33. The molecule has 0 aromatic carbocycles. The topological polar surface area (TPSA) is 0 Å². The molecule has 0 heterocycles. The van der Waals surface area contributed by atoms with Crippen LogP contribution in [0.25, 0.3) is 0 Å². The predicted molar refractivity (Wildman–Crippen MR) is 52.0 cm³/mol. The first-order valence-electron chi connectivity index (χ1n) is 4.14. The van der Waals surface area contributed by atoms with E-state index in [-0.39, 0.29) is 16.1 Å². The number of halogens is 3. The predicted octanol–water partition coefficient (Wildman–Crippen LogP) is 3.77. The molecule has 0 bridgehead atoms.